The molecule has 0 radical (unpaired) electrons. The monoisotopic (exact) mass is 315 g/mol. The Bertz CT molecular complexity index is 505. The van der Waals surface area contributed by atoms with Gasteiger partial charge in [0.05, 0.1) is 19.0 Å². The van der Waals surface area contributed by atoms with Crippen LogP contribution in [0.1, 0.15) is 50.2 Å². The molecule has 0 saturated carbocycles. The summed E-state index contributed by atoms with van der Waals surface area (Å²) in [5.74, 6) is 0.690. The van der Waals surface area contributed by atoms with Gasteiger partial charge in [0.25, 0.3) is 0 Å². The van der Waals surface area contributed by atoms with E-state index in [1.54, 1.807) is 4.90 Å². The Labute approximate surface area is 140 Å². The van der Waals surface area contributed by atoms with Crippen molar-refractivity contribution in [3.8, 4) is 0 Å². The number of rotatable bonds is 4. The first kappa shape index (κ1) is 16.5. The number of likely N-dealkylation sites (tertiary alicyclic amines) is 2. The van der Waals surface area contributed by atoms with E-state index in [9.17, 15) is 4.79 Å². The van der Waals surface area contributed by atoms with E-state index >= 15 is 0 Å². The van der Waals surface area contributed by atoms with Gasteiger partial charge in [-0.1, -0.05) is 31.2 Å². The van der Waals surface area contributed by atoms with Crippen molar-refractivity contribution < 1.29 is 9.69 Å². The van der Waals surface area contributed by atoms with Crippen LogP contribution in [0, 0.1) is 5.92 Å². The molecule has 3 rings (SSSR count). The van der Waals surface area contributed by atoms with Gasteiger partial charge < -0.3 is 9.80 Å². The second kappa shape index (κ2) is 7.96. The molecule has 23 heavy (non-hydrogen) atoms. The second-order valence-electron chi connectivity index (χ2n) is 7.28. The summed E-state index contributed by atoms with van der Waals surface area (Å²) in [6.45, 7) is 7.46. The van der Waals surface area contributed by atoms with Gasteiger partial charge >= 0.3 is 0 Å². The third-order valence-electron chi connectivity index (χ3n) is 5.52. The number of hydrogen-bond acceptors (Lipinski definition) is 1. The van der Waals surface area contributed by atoms with Gasteiger partial charge in [0.2, 0.25) is 5.91 Å². The van der Waals surface area contributed by atoms with E-state index in [-0.39, 0.29) is 5.92 Å². The molecular weight excluding hydrogens is 284 g/mol. The first-order chi connectivity index (χ1) is 11.3. The predicted molar refractivity (Wildman–Crippen MR) is 93.4 cm³/mol. The lowest BCUT2D eigenvalue weighted by Crippen LogP contribution is -3.12. The van der Waals surface area contributed by atoms with Crippen molar-refractivity contribution >= 4 is 5.91 Å². The van der Waals surface area contributed by atoms with Crippen molar-refractivity contribution in [1.29, 1.82) is 0 Å². The van der Waals surface area contributed by atoms with Crippen LogP contribution in [0.5, 0.6) is 0 Å². The van der Waals surface area contributed by atoms with Crippen LogP contribution in [0.4, 0.5) is 0 Å². The van der Waals surface area contributed by atoms with Gasteiger partial charge in [-0.2, -0.15) is 0 Å². The van der Waals surface area contributed by atoms with E-state index in [0.29, 0.717) is 5.91 Å². The summed E-state index contributed by atoms with van der Waals surface area (Å²) in [7, 11) is 0. The van der Waals surface area contributed by atoms with E-state index in [2.05, 4.69) is 36.1 Å². The third-order valence-corrected chi connectivity index (χ3v) is 5.52. The molecule has 3 heteroatoms. The summed E-state index contributed by atoms with van der Waals surface area (Å²) in [6.07, 6.45) is 7.06. The molecular formula is C20H31N2O+. The Morgan fingerprint density at radius 1 is 1.09 bits per heavy atom. The molecule has 1 amide bonds. The number of carbonyl (C=O) groups is 1. The van der Waals surface area contributed by atoms with Gasteiger partial charge in [0, 0.05) is 18.7 Å². The predicted octanol–water partition coefficient (Wildman–Crippen LogP) is 2.06. The molecule has 126 valence electrons. The highest BCUT2D eigenvalue weighted by Gasteiger charge is 2.32. The molecule has 2 aliphatic rings. The number of nitrogens with one attached hydrogen (secondary N) is 1. The zero-order chi connectivity index (χ0) is 16.1. The minimum atomic E-state index is 0.256. The van der Waals surface area contributed by atoms with Gasteiger partial charge in [0.15, 0.2) is 0 Å². The van der Waals surface area contributed by atoms with Crippen LogP contribution in [-0.2, 0) is 17.8 Å². The third kappa shape index (κ3) is 4.35. The summed E-state index contributed by atoms with van der Waals surface area (Å²) in [5, 5.41) is 0. The second-order valence-corrected chi connectivity index (χ2v) is 7.28. The number of nitrogens with zero attached hydrogens (tertiary/aromatic N) is 1. The molecule has 1 aromatic carbocycles. The molecule has 2 fully saturated rings. The van der Waals surface area contributed by atoms with Crippen molar-refractivity contribution in [3.05, 3.63) is 35.4 Å². The van der Waals surface area contributed by atoms with E-state index in [1.807, 2.05) is 0 Å². The standard InChI is InChI=1S/C20H30N2O/c1-2-17-8-10-18(11-9-17)15-21-12-6-7-19(16-21)20(23)22-13-4-3-5-14-22/h8-11,19H,2-7,12-16H2,1H3/p+1. The average molecular weight is 315 g/mol. The Hall–Kier alpha value is -1.35. The number of piperidine rings is 2. The molecule has 2 saturated heterocycles. The number of amides is 1. The SMILES string of the molecule is CCc1ccc(C[NH+]2CCCC(C(=O)N3CCCCC3)C2)cc1. The summed E-state index contributed by atoms with van der Waals surface area (Å²) < 4.78 is 0. The van der Waals surface area contributed by atoms with Crippen molar-refractivity contribution in [2.45, 2.75) is 52.0 Å². The minimum absolute atomic E-state index is 0.256. The van der Waals surface area contributed by atoms with Crippen molar-refractivity contribution in [1.82, 2.24) is 4.90 Å². The summed E-state index contributed by atoms with van der Waals surface area (Å²) in [5.41, 5.74) is 2.81. The molecule has 2 unspecified atom stereocenters. The van der Waals surface area contributed by atoms with E-state index < -0.39 is 0 Å². The largest absolute Gasteiger partial charge is 0.342 e. The smallest absolute Gasteiger partial charge is 0.231 e. The van der Waals surface area contributed by atoms with Crippen LogP contribution >= 0.6 is 0 Å². The Balaban J connectivity index is 1.55. The summed E-state index contributed by atoms with van der Waals surface area (Å²) in [4.78, 5) is 16.5. The lowest BCUT2D eigenvalue weighted by Gasteiger charge is -2.34. The fraction of sp³-hybridized carbons (Fsp3) is 0.650. The quantitative estimate of drug-likeness (QED) is 0.904. The molecule has 1 aromatic rings. The molecule has 3 nitrogen and oxygen atoms in total. The van der Waals surface area contributed by atoms with Crippen molar-refractivity contribution in [2.75, 3.05) is 26.2 Å². The van der Waals surface area contributed by atoms with Crippen LogP contribution in [0.3, 0.4) is 0 Å². The number of benzene rings is 1. The maximum absolute atomic E-state index is 12.7. The van der Waals surface area contributed by atoms with Gasteiger partial charge in [-0.25, -0.2) is 0 Å². The summed E-state index contributed by atoms with van der Waals surface area (Å²) >= 11 is 0. The van der Waals surface area contributed by atoms with Crippen molar-refractivity contribution in [3.63, 3.8) is 0 Å². The Kier molecular flexibility index (Phi) is 5.71. The number of carbonyl (C=O) groups excluding carboxylic acids is 1. The summed E-state index contributed by atoms with van der Waals surface area (Å²) in [6, 6.07) is 9.02. The van der Waals surface area contributed by atoms with Gasteiger partial charge in [-0.05, 0) is 44.1 Å². The zero-order valence-electron chi connectivity index (χ0n) is 14.5. The molecule has 1 N–H and O–H groups in total. The highest BCUT2D eigenvalue weighted by Crippen LogP contribution is 2.16. The molecule has 2 heterocycles. The number of aryl methyl sites for hydroxylation is 1. The van der Waals surface area contributed by atoms with Crippen LogP contribution in [0.15, 0.2) is 24.3 Å². The van der Waals surface area contributed by atoms with Gasteiger partial charge in [-0.3, -0.25) is 4.79 Å². The molecule has 0 aliphatic carbocycles. The van der Waals surface area contributed by atoms with Crippen LogP contribution in [-0.4, -0.2) is 37.0 Å². The highest BCUT2D eigenvalue weighted by molar-refractivity contribution is 5.79. The maximum atomic E-state index is 12.7. The zero-order valence-corrected chi connectivity index (χ0v) is 14.5. The van der Waals surface area contributed by atoms with Crippen LogP contribution in [0.2, 0.25) is 0 Å². The normalized spacial score (nSPS) is 25.3. The number of quaternary nitrogens is 1. The van der Waals surface area contributed by atoms with E-state index in [1.165, 1.54) is 43.4 Å². The molecule has 0 aromatic heterocycles. The van der Waals surface area contributed by atoms with E-state index in [0.717, 1.165) is 39.0 Å². The van der Waals surface area contributed by atoms with Gasteiger partial charge in [-0.15, -0.1) is 0 Å². The Morgan fingerprint density at radius 3 is 2.48 bits per heavy atom. The highest BCUT2D eigenvalue weighted by atomic mass is 16.2. The van der Waals surface area contributed by atoms with Crippen LogP contribution in [0.25, 0.3) is 0 Å². The topological polar surface area (TPSA) is 24.8 Å². The van der Waals surface area contributed by atoms with Crippen molar-refractivity contribution in [2.24, 2.45) is 5.92 Å². The first-order valence-electron chi connectivity index (χ1n) is 9.46. The number of hydrogen-bond donors (Lipinski definition) is 1. The van der Waals surface area contributed by atoms with Gasteiger partial charge in [0.1, 0.15) is 6.54 Å². The maximum Gasteiger partial charge on any atom is 0.231 e. The van der Waals surface area contributed by atoms with E-state index in [4.69, 9.17) is 0 Å². The average Bonchev–Trinajstić information content (AvgIpc) is 2.63. The molecule has 0 bridgehead atoms. The lowest BCUT2D eigenvalue weighted by molar-refractivity contribution is -0.921. The fourth-order valence-electron chi connectivity index (χ4n) is 4.08. The molecule has 0 spiro atoms. The molecule has 2 atom stereocenters. The van der Waals surface area contributed by atoms with Crippen LogP contribution < -0.4 is 4.90 Å². The Morgan fingerprint density at radius 2 is 1.78 bits per heavy atom. The first-order valence-corrected chi connectivity index (χ1v) is 9.46. The minimum Gasteiger partial charge on any atom is -0.342 e. The lowest BCUT2D eigenvalue weighted by atomic mass is 9.95. The molecule has 2 aliphatic heterocycles. The fourth-order valence-corrected chi connectivity index (χ4v) is 4.08.